The lowest BCUT2D eigenvalue weighted by Crippen LogP contribution is -2.39. The van der Waals surface area contributed by atoms with E-state index in [9.17, 15) is 4.79 Å². The van der Waals surface area contributed by atoms with Gasteiger partial charge in [0.15, 0.2) is 0 Å². The van der Waals surface area contributed by atoms with Crippen molar-refractivity contribution < 1.29 is 4.79 Å². The van der Waals surface area contributed by atoms with Crippen molar-refractivity contribution in [1.29, 1.82) is 0 Å². The van der Waals surface area contributed by atoms with Crippen molar-refractivity contribution >= 4 is 29.3 Å². The molecule has 1 saturated heterocycles. The molecule has 0 aliphatic carbocycles. The molecule has 3 rings (SSSR count). The lowest BCUT2D eigenvalue weighted by atomic mass is 9.99. The van der Waals surface area contributed by atoms with Crippen LogP contribution in [-0.2, 0) is 0 Å². The van der Waals surface area contributed by atoms with E-state index >= 15 is 0 Å². The number of halogens is 1. The Hall–Kier alpha value is -1.68. The number of aromatic nitrogens is 2. The third-order valence-electron chi connectivity index (χ3n) is 3.66. The molecule has 0 bridgehead atoms. The molecule has 2 aromatic rings. The lowest BCUT2D eigenvalue weighted by Gasteiger charge is -2.31. The van der Waals surface area contributed by atoms with Crippen molar-refractivity contribution in [2.75, 3.05) is 13.1 Å². The van der Waals surface area contributed by atoms with Gasteiger partial charge in [-0.05, 0) is 37.0 Å². The minimum atomic E-state index is 0. The zero-order chi connectivity index (χ0) is 13.2. The number of fused-ring (bicyclic) bond motifs is 1. The Kier molecular flexibility index (Phi) is 4.55. The predicted molar refractivity (Wildman–Crippen MR) is 81.1 cm³/mol. The Bertz CT molecular complexity index is 617. The first kappa shape index (κ1) is 14.7. The molecule has 2 heterocycles. The molecule has 106 valence electrons. The minimum Gasteiger partial charge on any atom is -0.338 e. The van der Waals surface area contributed by atoms with E-state index in [-0.39, 0.29) is 18.3 Å². The molecule has 1 aromatic heterocycles. The molecule has 20 heavy (non-hydrogen) atoms. The van der Waals surface area contributed by atoms with E-state index in [1.807, 2.05) is 23.1 Å². The van der Waals surface area contributed by atoms with Gasteiger partial charge in [-0.1, -0.05) is 6.92 Å². The van der Waals surface area contributed by atoms with Crippen molar-refractivity contribution in [3.63, 3.8) is 0 Å². The normalized spacial score (nSPS) is 18.6. The second kappa shape index (κ2) is 6.18. The Balaban J connectivity index is 0.00000147. The summed E-state index contributed by atoms with van der Waals surface area (Å²) in [5.74, 6) is 0.706. The second-order valence-corrected chi connectivity index (χ2v) is 5.26. The summed E-state index contributed by atoms with van der Waals surface area (Å²) in [7, 11) is 0. The molecular formula is C15H18ClN3O. The molecule has 1 aliphatic heterocycles. The molecule has 4 nitrogen and oxygen atoms in total. The number of hydrogen-bond acceptors (Lipinski definition) is 3. The monoisotopic (exact) mass is 291 g/mol. The van der Waals surface area contributed by atoms with Gasteiger partial charge < -0.3 is 4.90 Å². The van der Waals surface area contributed by atoms with Crippen LogP contribution in [0.1, 0.15) is 30.1 Å². The molecule has 1 atom stereocenters. The minimum absolute atomic E-state index is 0. The quantitative estimate of drug-likeness (QED) is 0.811. The number of piperidine rings is 1. The largest absolute Gasteiger partial charge is 0.338 e. The van der Waals surface area contributed by atoms with Gasteiger partial charge in [0.25, 0.3) is 5.91 Å². The highest BCUT2D eigenvalue weighted by Crippen LogP contribution is 2.19. The fourth-order valence-electron chi connectivity index (χ4n) is 2.65. The van der Waals surface area contributed by atoms with Crippen LogP contribution in [-0.4, -0.2) is 33.9 Å². The third-order valence-corrected chi connectivity index (χ3v) is 3.66. The molecule has 0 N–H and O–H groups in total. The highest BCUT2D eigenvalue weighted by Gasteiger charge is 2.22. The number of nitrogens with zero attached hydrogens (tertiary/aromatic N) is 3. The standard InChI is InChI=1S/C15H17N3O.ClH/c1-11-3-2-8-18(10-11)15(19)12-4-5-13-14(9-12)17-7-6-16-13;/h4-7,9,11H,2-3,8,10H2,1H3;1H. The van der Waals surface area contributed by atoms with Crippen LogP contribution in [0.25, 0.3) is 11.0 Å². The summed E-state index contributed by atoms with van der Waals surface area (Å²) in [5.41, 5.74) is 2.31. The fourth-order valence-corrected chi connectivity index (χ4v) is 2.65. The van der Waals surface area contributed by atoms with Gasteiger partial charge in [0, 0.05) is 31.0 Å². The first-order valence-corrected chi connectivity index (χ1v) is 6.74. The van der Waals surface area contributed by atoms with E-state index in [1.54, 1.807) is 12.4 Å². The van der Waals surface area contributed by atoms with Crippen LogP contribution in [0, 0.1) is 5.92 Å². The van der Waals surface area contributed by atoms with E-state index in [0.717, 1.165) is 30.5 Å². The van der Waals surface area contributed by atoms with Gasteiger partial charge in [-0.2, -0.15) is 0 Å². The Morgan fingerprint density at radius 3 is 2.75 bits per heavy atom. The lowest BCUT2D eigenvalue weighted by molar-refractivity contribution is 0.0683. The van der Waals surface area contributed by atoms with Crippen LogP contribution < -0.4 is 0 Å². The van der Waals surface area contributed by atoms with Crippen molar-refractivity contribution in [2.24, 2.45) is 5.92 Å². The van der Waals surface area contributed by atoms with Gasteiger partial charge in [0.05, 0.1) is 11.0 Å². The summed E-state index contributed by atoms with van der Waals surface area (Å²) in [4.78, 5) is 22.9. The molecule has 1 aromatic carbocycles. The molecule has 5 heteroatoms. The van der Waals surface area contributed by atoms with E-state index in [4.69, 9.17) is 0 Å². The van der Waals surface area contributed by atoms with Gasteiger partial charge in [-0.15, -0.1) is 12.4 Å². The van der Waals surface area contributed by atoms with Crippen molar-refractivity contribution in [3.8, 4) is 0 Å². The van der Waals surface area contributed by atoms with Crippen LogP contribution in [0.3, 0.4) is 0 Å². The number of carbonyl (C=O) groups is 1. The maximum absolute atomic E-state index is 12.5. The van der Waals surface area contributed by atoms with Crippen LogP contribution in [0.15, 0.2) is 30.6 Å². The Morgan fingerprint density at radius 1 is 1.25 bits per heavy atom. The zero-order valence-corrected chi connectivity index (χ0v) is 12.3. The van der Waals surface area contributed by atoms with Crippen molar-refractivity contribution in [2.45, 2.75) is 19.8 Å². The van der Waals surface area contributed by atoms with Gasteiger partial charge in [-0.25, -0.2) is 0 Å². The van der Waals surface area contributed by atoms with Gasteiger partial charge in [0.1, 0.15) is 0 Å². The summed E-state index contributed by atoms with van der Waals surface area (Å²) in [6.45, 7) is 3.92. The number of amides is 1. The Labute approximate surface area is 124 Å². The third kappa shape index (κ3) is 2.90. The zero-order valence-electron chi connectivity index (χ0n) is 11.5. The van der Waals surface area contributed by atoms with Gasteiger partial charge >= 0.3 is 0 Å². The number of benzene rings is 1. The first-order valence-electron chi connectivity index (χ1n) is 6.74. The van der Waals surface area contributed by atoms with Gasteiger partial charge in [-0.3, -0.25) is 14.8 Å². The highest BCUT2D eigenvalue weighted by atomic mass is 35.5. The van der Waals surface area contributed by atoms with Crippen LogP contribution in [0.5, 0.6) is 0 Å². The van der Waals surface area contributed by atoms with E-state index in [1.165, 1.54) is 6.42 Å². The van der Waals surface area contributed by atoms with E-state index < -0.39 is 0 Å². The Morgan fingerprint density at radius 2 is 2.00 bits per heavy atom. The molecule has 0 saturated carbocycles. The summed E-state index contributed by atoms with van der Waals surface area (Å²) in [6, 6.07) is 5.55. The van der Waals surface area contributed by atoms with Gasteiger partial charge in [0.2, 0.25) is 0 Å². The maximum atomic E-state index is 12.5. The van der Waals surface area contributed by atoms with E-state index in [2.05, 4.69) is 16.9 Å². The number of rotatable bonds is 1. The van der Waals surface area contributed by atoms with Crippen molar-refractivity contribution in [1.82, 2.24) is 14.9 Å². The molecule has 1 amide bonds. The molecule has 1 fully saturated rings. The molecule has 0 spiro atoms. The van der Waals surface area contributed by atoms with Crippen molar-refractivity contribution in [3.05, 3.63) is 36.2 Å². The predicted octanol–water partition coefficient (Wildman–Crippen LogP) is 2.92. The highest BCUT2D eigenvalue weighted by molar-refractivity contribution is 5.97. The average Bonchev–Trinajstić information content (AvgIpc) is 2.46. The summed E-state index contributed by atoms with van der Waals surface area (Å²) >= 11 is 0. The van der Waals surface area contributed by atoms with Crippen LogP contribution in [0.2, 0.25) is 0 Å². The van der Waals surface area contributed by atoms with E-state index in [0.29, 0.717) is 11.5 Å². The smallest absolute Gasteiger partial charge is 0.253 e. The summed E-state index contributed by atoms with van der Waals surface area (Å²) < 4.78 is 0. The summed E-state index contributed by atoms with van der Waals surface area (Å²) in [6.07, 6.45) is 5.63. The second-order valence-electron chi connectivity index (χ2n) is 5.26. The molecular weight excluding hydrogens is 274 g/mol. The topological polar surface area (TPSA) is 46.1 Å². The van der Waals surface area contributed by atoms with Crippen LogP contribution in [0.4, 0.5) is 0 Å². The summed E-state index contributed by atoms with van der Waals surface area (Å²) in [5, 5.41) is 0. The fraction of sp³-hybridized carbons (Fsp3) is 0.400. The average molecular weight is 292 g/mol. The maximum Gasteiger partial charge on any atom is 0.253 e. The number of likely N-dealkylation sites (tertiary alicyclic amines) is 1. The molecule has 0 radical (unpaired) electrons. The SMILES string of the molecule is CC1CCCN(C(=O)c2ccc3nccnc3c2)C1.Cl. The first-order chi connectivity index (χ1) is 9.24. The molecule has 1 aliphatic rings. The van der Waals surface area contributed by atoms with Crippen LogP contribution >= 0.6 is 12.4 Å². The number of carbonyl (C=O) groups excluding carboxylic acids is 1. The number of hydrogen-bond donors (Lipinski definition) is 0. The molecule has 1 unspecified atom stereocenters.